The summed E-state index contributed by atoms with van der Waals surface area (Å²) in [5.41, 5.74) is 6.52. The predicted molar refractivity (Wildman–Crippen MR) is 113 cm³/mol. The number of primary amides is 1. The van der Waals surface area contributed by atoms with Crippen LogP contribution in [-0.2, 0) is 20.8 Å². The summed E-state index contributed by atoms with van der Waals surface area (Å²) in [6.45, 7) is 0.870. The number of piperidine rings is 1. The van der Waals surface area contributed by atoms with Gasteiger partial charge >= 0.3 is 0 Å². The third-order valence-corrected chi connectivity index (χ3v) is 6.61. The lowest BCUT2D eigenvalue weighted by Gasteiger charge is -2.44. The molecule has 3 atom stereocenters. The van der Waals surface area contributed by atoms with Gasteiger partial charge in [-0.15, -0.1) is 0 Å². The molecule has 1 aliphatic heterocycles. The number of hydrogen-bond acceptors (Lipinski definition) is 3. The van der Waals surface area contributed by atoms with Crippen molar-refractivity contribution in [2.24, 2.45) is 17.6 Å². The number of ketones is 1. The number of amides is 2. The molecular formula is C24H34N2O3. The molecule has 2 unspecified atom stereocenters. The number of benzene rings is 1. The first-order valence-electron chi connectivity index (χ1n) is 11.2. The van der Waals surface area contributed by atoms with Crippen LogP contribution in [0.25, 0.3) is 0 Å². The van der Waals surface area contributed by atoms with E-state index in [0.29, 0.717) is 37.6 Å². The number of Topliss-reactive ketones (excluding diaryl/α,β-unsaturated/α-hetero) is 1. The van der Waals surface area contributed by atoms with E-state index < -0.39 is 11.8 Å². The zero-order valence-corrected chi connectivity index (χ0v) is 17.4. The molecule has 2 amide bonds. The van der Waals surface area contributed by atoms with Crippen molar-refractivity contribution in [1.29, 1.82) is 0 Å². The summed E-state index contributed by atoms with van der Waals surface area (Å²) in [7, 11) is 0. The maximum Gasteiger partial charge on any atom is 0.222 e. The standard InChI is InChI=1S/C24H34N2O3/c25-24(29)20(16-18-8-2-1-3-9-18)17-21(27)12-6-14-23(28)26-15-7-11-19-10-4-5-13-22(19)26/h1-3,8-9,19-20,22H,4-7,10-17H2,(H2,25,29)/t19?,20-,22?/m1/s1. The lowest BCUT2D eigenvalue weighted by molar-refractivity contribution is -0.137. The van der Waals surface area contributed by atoms with Gasteiger partial charge in [0.05, 0.1) is 0 Å². The van der Waals surface area contributed by atoms with Gasteiger partial charge in [0, 0.05) is 37.8 Å². The average molecular weight is 399 g/mol. The Labute approximate surface area is 174 Å². The summed E-state index contributed by atoms with van der Waals surface area (Å²) in [6, 6.07) is 10.1. The Hall–Kier alpha value is -2.17. The van der Waals surface area contributed by atoms with Crippen LogP contribution >= 0.6 is 0 Å². The van der Waals surface area contributed by atoms with Crippen LogP contribution in [0.15, 0.2) is 30.3 Å². The minimum Gasteiger partial charge on any atom is -0.369 e. The van der Waals surface area contributed by atoms with Crippen molar-refractivity contribution in [1.82, 2.24) is 4.90 Å². The molecule has 2 aliphatic rings. The van der Waals surface area contributed by atoms with Crippen molar-refractivity contribution in [2.45, 2.75) is 76.7 Å². The average Bonchev–Trinajstić information content (AvgIpc) is 2.73. The molecule has 29 heavy (non-hydrogen) atoms. The van der Waals surface area contributed by atoms with Gasteiger partial charge in [0.2, 0.25) is 11.8 Å². The van der Waals surface area contributed by atoms with Crippen molar-refractivity contribution < 1.29 is 14.4 Å². The molecule has 158 valence electrons. The Balaban J connectivity index is 1.43. The van der Waals surface area contributed by atoms with E-state index in [1.165, 1.54) is 25.7 Å². The second kappa shape index (κ2) is 10.6. The van der Waals surface area contributed by atoms with Crippen LogP contribution in [0.2, 0.25) is 0 Å². The molecule has 0 aromatic heterocycles. The molecule has 2 fully saturated rings. The molecule has 3 rings (SSSR count). The van der Waals surface area contributed by atoms with Crippen LogP contribution < -0.4 is 5.73 Å². The van der Waals surface area contributed by atoms with Crippen LogP contribution in [-0.4, -0.2) is 35.1 Å². The highest BCUT2D eigenvalue weighted by Crippen LogP contribution is 2.35. The van der Waals surface area contributed by atoms with Gasteiger partial charge < -0.3 is 10.6 Å². The first-order valence-corrected chi connectivity index (χ1v) is 11.2. The zero-order valence-electron chi connectivity index (χ0n) is 17.4. The molecule has 0 radical (unpaired) electrons. The molecule has 0 bridgehead atoms. The highest BCUT2D eigenvalue weighted by Gasteiger charge is 2.35. The lowest BCUT2D eigenvalue weighted by Crippen LogP contribution is -2.49. The molecule has 5 nitrogen and oxygen atoms in total. The zero-order chi connectivity index (χ0) is 20.6. The van der Waals surface area contributed by atoms with Gasteiger partial charge in [-0.2, -0.15) is 0 Å². The topological polar surface area (TPSA) is 80.5 Å². The summed E-state index contributed by atoms with van der Waals surface area (Å²) in [5, 5.41) is 0. The smallest absolute Gasteiger partial charge is 0.222 e. The van der Waals surface area contributed by atoms with Crippen molar-refractivity contribution in [2.75, 3.05) is 6.54 Å². The Bertz CT molecular complexity index is 701. The highest BCUT2D eigenvalue weighted by molar-refractivity contribution is 5.86. The van der Waals surface area contributed by atoms with Crippen LogP contribution in [0.5, 0.6) is 0 Å². The molecule has 1 saturated heterocycles. The normalized spacial score (nSPS) is 22.6. The number of hydrogen-bond donors (Lipinski definition) is 1. The fourth-order valence-electron chi connectivity index (χ4n) is 5.06. The fourth-order valence-corrected chi connectivity index (χ4v) is 5.06. The van der Waals surface area contributed by atoms with Crippen molar-refractivity contribution in [3.8, 4) is 0 Å². The predicted octanol–water partition coefficient (Wildman–Crippen LogP) is 3.64. The van der Waals surface area contributed by atoms with Gasteiger partial charge in [-0.3, -0.25) is 14.4 Å². The van der Waals surface area contributed by atoms with E-state index in [4.69, 9.17) is 5.73 Å². The van der Waals surface area contributed by atoms with Crippen LogP contribution in [0.4, 0.5) is 0 Å². The van der Waals surface area contributed by atoms with Gasteiger partial charge in [-0.05, 0) is 50.0 Å². The molecule has 1 aromatic carbocycles. The number of carbonyl (C=O) groups is 3. The number of fused-ring (bicyclic) bond motifs is 1. The van der Waals surface area contributed by atoms with Gasteiger partial charge in [0.15, 0.2) is 0 Å². The van der Waals surface area contributed by atoms with E-state index in [2.05, 4.69) is 4.90 Å². The van der Waals surface area contributed by atoms with Crippen molar-refractivity contribution in [3.63, 3.8) is 0 Å². The summed E-state index contributed by atoms with van der Waals surface area (Å²) in [6.07, 6.45) is 9.22. The summed E-state index contributed by atoms with van der Waals surface area (Å²) in [4.78, 5) is 39.0. The van der Waals surface area contributed by atoms with Gasteiger partial charge in [-0.25, -0.2) is 0 Å². The van der Waals surface area contributed by atoms with E-state index in [1.807, 2.05) is 30.3 Å². The quantitative estimate of drug-likeness (QED) is 0.689. The number of nitrogens with zero attached hydrogens (tertiary/aromatic N) is 1. The molecule has 0 spiro atoms. The van der Waals surface area contributed by atoms with Crippen LogP contribution in [0, 0.1) is 11.8 Å². The van der Waals surface area contributed by atoms with E-state index in [9.17, 15) is 14.4 Å². The molecule has 1 heterocycles. The fraction of sp³-hybridized carbons (Fsp3) is 0.625. The maximum atomic E-state index is 12.7. The van der Waals surface area contributed by atoms with E-state index in [1.54, 1.807) is 0 Å². The molecule has 5 heteroatoms. The van der Waals surface area contributed by atoms with Gasteiger partial charge in [-0.1, -0.05) is 43.2 Å². The van der Waals surface area contributed by atoms with Crippen molar-refractivity contribution >= 4 is 17.6 Å². The summed E-state index contributed by atoms with van der Waals surface area (Å²) in [5.74, 6) is -0.0186. The second-order valence-electron chi connectivity index (χ2n) is 8.73. The number of likely N-dealkylation sites (tertiary alicyclic amines) is 1. The minimum atomic E-state index is -0.481. The second-order valence-corrected chi connectivity index (χ2v) is 8.73. The monoisotopic (exact) mass is 398 g/mol. The Kier molecular flexibility index (Phi) is 7.84. The third kappa shape index (κ3) is 6.15. The third-order valence-electron chi connectivity index (χ3n) is 6.61. The van der Waals surface area contributed by atoms with E-state index in [0.717, 1.165) is 24.9 Å². The van der Waals surface area contributed by atoms with Crippen molar-refractivity contribution in [3.05, 3.63) is 35.9 Å². The number of rotatable bonds is 9. The highest BCUT2D eigenvalue weighted by atomic mass is 16.2. The van der Waals surface area contributed by atoms with Gasteiger partial charge in [0.25, 0.3) is 0 Å². The van der Waals surface area contributed by atoms with Gasteiger partial charge in [0.1, 0.15) is 5.78 Å². The largest absolute Gasteiger partial charge is 0.369 e. The number of carbonyl (C=O) groups excluding carboxylic acids is 3. The van der Waals surface area contributed by atoms with Crippen LogP contribution in [0.1, 0.15) is 69.8 Å². The molecule has 1 aromatic rings. The summed E-state index contributed by atoms with van der Waals surface area (Å²) >= 11 is 0. The Morgan fingerprint density at radius 2 is 1.72 bits per heavy atom. The van der Waals surface area contributed by atoms with E-state index in [-0.39, 0.29) is 18.1 Å². The molecule has 1 saturated carbocycles. The van der Waals surface area contributed by atoms with Crippen LogP contribution in [0.3, 0.4) is 0 Å². The van der Waals surface area contributed by atoms with E-state index >= 15 is 0 Å². The molecule has 2 N–H and O–H groups in total. The SMILES string of the molecule is NC(=O)[C@@H](CC(=O)CCCC(=O)N1CCCC2CCCCC21)Cc1ccccc1. The Morgan fingerprint density at radius 1 is 1.00 bits per heavy atom. The molecule has 1 aliphatic carbocycles. The first kappa shape index (κ1) is 21.5. The number of nitrogens with two attached hydrogens (primary N) is 1. The maximum absolute atomic E-state index is 12.7. The Morgan fingerprint density at radius 3 is 2.48 bits per heavy atom. The minimum absolute atomic E-state index is 0.0201. The first-order chi connectivity index (χ1) is 14.0. The summed E-state index contributed by atoms with van der Waals surface area (Å²) < 4.78 is 0. The lowest BCUT2D eigenvalue weighted by atomic mass is 9.78. The molecular weight excluding hydrogens is 364 g/mol.